The molecule has 0 radical (unpaired) electrons. The Bertz CT molecular complexity index is 649. The van der Waals surface area contributed by atoms with E-state index in [1.165, 1.54) is 24.3 Å². The van der Waals surface area contributed by atoms with Crippen molar-refractivity contribution in [3.63, 3.8) is 0 Å². The van der Waals surface area contributed by atoms with Crippen LogP contribution in [0.4, 0.5) is 10.1 Å². The van der Waals surface area contributed by atoms with Gasteiger partial charge in [-0.2, -0.15) is 0 Å². The van der Waals surface area contributed by atoms with Crippen LogP contribution in [0.2, 0.25) is 0 Å². The van der Waals surface area contributed by atoms with Gasteiger partial charge in [0.25, 0.3) is 5.91 Å². The molecule has 3 rings (SSSR count). The summed E-state index contributed by atoms with van der Waals surface area (Å²) in [4.78, 5) is 18.0. The van der Waals surface area contributed by atoms with E-state index in [9.17, 15) is 9.18 Å². The molecular weight excluding hydrogens is 297 g/mol. The molecule has 1 atom stereocenters. The van der Waals surface area contributed by atoms with Crippen LogP contribution in [0, 0.1) is 5.82 Å². The average molecular weight is 315 g/mol. The average Bonchev–Trinajstić information content (AvgIpc) is 3.03. The Balaban J connectivity index is 1.46. The third kappa shape index (κ3) is 4.18. The van der Waals surface area contributed by atoms with Gasteiger partial charge in [-0.25, -0.2) is 4.39 Å². The Hall–Kier alpha value is -2.63. The minimum atomic E-state index is -0.326. The lowest BCUT2D eigenvalue weighted by Crippen LogP contribution is -2.35. The highest BCUT2D eigenvalue weighted by molar-refractivity contribution is 5.78. The summed E-state index contributed by atoms with van der Waals surface area (Å²) in [6, 6.07) is 9.69. The number of aromatic nitrogens is 1. The van der Waals surface area contributed by atoms with Gasteiger partial charge in [0.1, 0.15) is 11.6 Å². The molecule has 1 N–H and O–H groups in total. The number of benzene rings is 1. The molecule has 5 nitrogen and oxygen atoms in total. The van der Waals surface area contributed by atoms with Crippen LogP contribution >= 0.6 is 0 Å². The lowest BCUT2D eigenvalue weighted by molar-refractivity contribution is -0.132. The number of amides is 1. The molecule has 2 aromatic rings. The number of rotatable bonds is 5. The largest absolute Gasteiger partial charge is 0.484 e. The molecular formula is C17H18FN3O2. The quantitative estimate of drug-likeness (QED) is 0.920. The molecule has 1 amide bonds. The second kappa shape index (κ2) is 7.09. The van der Waals surface area contributed by atoms with Gasteiger partial charge in [-0.05, 0) is 42.8 Å². The summed E-state index contributed by atoms with van der Waals surface area (Å²) in [5.74, 6) is 0.0985. The lowest BCUT2D eigenvalue weighted by atomic mass is 10.2. The molecule has 120 valence electrons. The molecule has 1 aromatic heterocycles. The summed E-state index contributed by atoms with van der Waals surface area (Å²) >= 11 is 0. The van der Waals surface area contributed by atoms with Gasteiger partial charge in [-0.15, -0.1) is 0 Å². The van der Waals surface area contributed by atoms with E-state index in [4.69, 9.17) is 4.74 Å². The second-order valence-corrected chi connectivity index (χ2v) is 5.45. The van der Waals surface area contributed by atoms with Crippen molar-refractivity contribution in [2.45, 2.75) is 12.5 Å². The van der Waals surface area contributed by atoms with Crippen molar-refractivity contribution in [3.05, 3.63) is 54.6 Å². The molecule has 0 aliphatic carbocycles. The van der Waals surface area contributed by atoms with Crippen LogP contribution in [0.25, 0.3) is 0 Å². The van der Waals surface area contributed by atoms with Gasteiger partial charge in [-0.1, -0.05) is 0 Å². The van der Waals surface area contributed by atoms with Crippen LogP contribution in [0.5, 0.6) is 5.75 Å². The number of pyridine rings is 1. The van der Waals surface area contributed by atoms with E-state index < -0.39 is 0 Å². The van der Waals surface area contributed by atoms with Gasteiger partial charge in [0, 0.05) is 31.5 Å². The molecule has 1 aliphatic rings. The van der Waals surface area contributed by atoms with Crippen LogP contribution in [0.3, 0.4) is 0 Å². The van der Waals surface area contributed by atoms with Crippen molar-refractivity contribution in [1.29, 1.82) is 0 Å². The lowest BCUT2D eigenvalue weighted by Gasteiger charge is -2.18. The maximum absolute atomic E-state index is 12.8. The Morgan fingerprint density at radius 2 is 2.17 bits per heavy atom. The number of carbonyl (C=O) groups excluding carboxylic acids is 1. The molecule has 1 fully saturated rings. The van der Waals surface area contributed by atoms with E-state index in [1.807, 2.05) is 12.1 Å². The fourth-order valence-electron chi connectivity index (χ4n) is 2.56. The molecule has 1 aliphatic heterocycles. The number of nitrogens with zero attached hydrogens (tertiary/aromatic N) is 2. The fraction of sp³-hybridized carbons (Fsp3) is 0.294. The van der Waals surface area contributed by atoms with E-state index in [0.717, 1.165) is 12.1 Å². The van der Waals surface area contributed by atoms with Crippen molar-refractivity contribution in [1.82, 2.24) is 9.88 Å². The predicted molar refractivity (Wildman–Crippen MR) is 84.7 cm³/mol. The first-order chi connectivity index (χ1) is 11.2. The van der Waals surface area contributed by atoms with E-state index in [1.54, 1.807) is 17.3 Å². The van der Waals surface area contributed by atoms with E-state index in [0.29, 0.717) is 18.8 Å². The third-order valence-corrected chi connectivity index (χ3v) is 3.75. The zero-order chi connectivity index (χ0) is 16.1. The summed E-state index contributed by atoms with van der Waals surface area (Å²) in [5.41, 5.74) is 0.953. The van der Waals surface area contributed by atoms with Crippen LogP contribution in [-0.2, 0) is 4.79 Å². The minimum absolute atomic E-state index is 0.0365. The van der Waals surface area contributed by atoms with Crippen molar-refractivity contribution >= 4 is 11.6 Å². The maximum Gasteiger partial charge on any atom is 0.260 e. The second-order valence-electron chi connectivity index (χ2n) is 5.45. The van der Waals surface area contributed by atoms with Gasteiger partial charge in [-0.3, -0.25) is 9.78 Å². The fourth-order valence-corrected chi connectivity index (χ4v) is 2.56. The van der Waals surface area contributed by atoms with Gasteiger partial charge >= 0.3 is 0 Å². The maximum atomic E-state index is 12.8. The highest BCUT2D eigenvalue weighted by atomic mass is 19.1. The number of likely N-dealkylation sites (tertiary alicyclic amines) is 1. The Kier molecular flexibility index (Phi) is 4.71. The number of ether oxygens (including phenoxy) is 1. The van der Waals surface area contributed by atoms with Crippen LogP contribution in [0.15, 0.2) is 48.8 Å². The summed E-state index contributed by atoms with van der Waals surface area (Å²) in [6.45, 7) is 1.30. The van der Waals surface area contributed by atoms with E-state index in [-0.39, 0.29) is 24.4 Å². The monoisotopic (exact) mass is 315 g/mol. The SMILES string of the molecule is O=C(COc1ccc(F)cc1)N1CC[C@@H](Nc2cccnc2)C1. The highest BCUT2D eigenvalue weighted by Gasteiger charge is 2.26. The standard InChI is InChI=1S/C17H18FN3O2/c18-13-3-5-16(6-4-13)23-12-17(22)21-9-7-15(11-21)20-14-2-1-8-19-10-14/h1-6,8,10,15,20H,7,9,11-12H2/t15-/m1/s1. The molecule has 0 bridgehead atoms. The first kappa shape index (κ1) is 15.3. The summed E-state index contributed by atoms with van der Waals surface area (Å²) in [7, 11) is 0. The first-order valence-electron chi connectivity index (χ1n) is 7.53. The Labute approximate surface area is 134 Å². The zero-order valence-corrected chi connectivity index (χ0v) is 12.6. The van der Waals surface area contributed by atoms with Crippen LogP contribution < -0.4 is 10.1 Å². The predicted octanol–water partition coefficient (Wildman–Crippen LogP) is 2.31. The molecule has 0 spiro atoms. The molecule has 1 aromatic carbocycles. The minimum Gasteiger partial charge on any atom is -0.484 e. The summed E-state index contributed by atoms with van der Waals surface area (Å²) < 4.78 is 18.2. The Morgan fingerprint density at radius 3 is 2.91 bits per heavy atom. The van der Waals surface area contributed by atoms with Gasteiger partial charge in [0.05, 0.1) is 5.69 Å². The van der Waals surface area contributed by atoms with E-state index >= 15 is 0 Å². The van der Waals surface area contributed by atoms with E-state index in [2.05, 4.69) is 10.3 Å². The summed E-state index contributed by atoms with van der Waals surface area (Å²) in [5, 5.41) is 3.37. The molecule has 6 heteroatoms. The number of carbonyl (C=O) groups is 1. The molecule has 2 heterocycles. The highest BCUT2D eigenvalue weighted by Crippen LogP contribution is 2.16. The zero-order valence-electron chi connectivity index (χ0n) is 12.6. The summed E-state index contributed by atoms with van der Waals surface area (Å²) in [6.07, 6.45) is 4.38. The van der Waals surface area contributed by atoms with Gasteiger partial charge in [0.2, 0.25) is 0 Å². The van der Waals surface area contributed by atoms with Crippen molar-refractivity contribution in [3.8, 4) is 5.75 Å². The van der Waals surface area contributed by atoms with Crippen LogP contribution in [0.1, 0.15) is 6.42 Å². The first-order valence-corrected chi connectivity index (χ1v) is 7.53. The number of hydrogen-bond donors (Lipinski definition) is 1. The van der Waals surface area contributed by atoms with Gasteiger partial charge in [0.15, 0.2) is 6.61 Å². The number of hydrogen-bond acceptors (Lipinski definition) is 4. The third-order valence-electron chi connectivity index (χ3n) is 3.75. The van der Waals surface area contributed by atoms with Crippen LogP contribution in [-0.4, -0.2) is 41.5 Å². The van der Waals surface area contributed by atoms with Gasteiger partial charge < -0.3 is 15.0 Å². The normalized spacial score (nSPS) is 17.1. The Morgan fingerprint density at radius 1 is 1.35 bits per heavy atom. The van der Waals surface area contributed by atoms with Crippen molar-refractivity contribution < 1.29 is 13.9 Å². The topological polar surface area (TPSA) is 54.5 Å². The molecule has 1 saturated heterocycles. The molecule has 0 saturated carbocycles. The number of nitrogens with one attached hydrogen (secondary N) is 1. The number of anilines is 1. The smallest absolute Gasteiger partial charge is 0.260 e. The number of halogens is 1. The van der Waals surface area contributed by atoms with Crippen molar-refractivity contribution in [2.75, 3.05) is 25.0 Å². The van der Waals surface area contributed by atoms with Crippen molar-refractivity contribution in [2.24, 2.45) is 0 Å². The molecule has 0 unspecified atom stereocenters. The molecule has 23 heavy (non-hydrogen) atoms.